The molecule has 4 fully saturated rings. The zero-order valence-electron chi connectivity index (χ0n) is 60.6. The zero-order valence-corrected chi connectivity index (χ0v) is 60.6. The predicted molar refractivity (Wildman–Crippen MR) is 360 cm³/mol. The second-order valence-corrected chi connectivity index (χ2v) is 25.4. The van der Waals surface area contributed by atoms with Gasteiger partial charge in [-0.05, 0) is 39.7 Å². The largest absolute Gasteiger partial charge is 0.459 e. The highest BCUT2D eigenvalue weighted by atomic mass is 19.4. The number of hydroxylamine groups is 1. The Hall–Kier alpha value is -6.16. The maximum Gasteiger partial charge on any atom is 0.434 e. The first-order valence-electron chi connectivity index (χ1n) is 35.3. The number of amides is 2. The van der Waals surface area contributed by atoms with Crippen molar-refractivity contribution in [3.63, 3.8) is 0 Å². The fraction of sp³-hybridized carbons (Fsp3) is 0.735. The molecule has 2 aromatic heterocycles. The van der Waals surface area contributed by atoms with Crippen molar-refractivity contribution in [2.24, 2.45) is 0 Å². The zero-order chi connectivity index (χ0) is 76.6. The number of carbonyl (C=O) groups excluding carboxylic acids is 4. The van der Waals surface area contributed by atoms with E-state index in [0.29, 0.717) is 45.2 Å². The van der Waals surface area contributed by atoms with Crippen LogP contribution in [0.15, 0.2) is 55.1 Å². The van der Waals surface area contributed by atoms with Gasteiger partial charge in [-0.15, -0.1) is 0 Å². The van der Waals surface area contributed by atoms with Crippen molar-refractivity contribution in [1.82, 2.24) is 36.0 Å². The average Bonchev–Trinajstić information content (AvgIpc) is 1.65. The Kier molecular flexibility index (Phi) is 39.3. The van der Waals surface area contributed by atoms with Gasteiger partial charge in [0.05, 0.1) is 195 Å². The Morgan fingerprint density at radius 3 is 1.54 bits per heavy atom. The molecule has 107 heavy (non-hydrogen) atoms. The topological polar surface area (TPSA) is 365 Å². The van der Waals surface area contributed by atoms with E-state index in [1.807, 2.05) is 30.3 Å². The number of nitrogens with zero attached hydrogens (tertiary/aromatic N) is 4. The van der Waals surface area contributed by atoms with Crippen molar-refractivity contribution in [3.05, 3.63) is 72.1 Å². The number of anilines is 2. The number of nitrogens with one attached hydrogen (secondary N) is 5. The molecule has 0 radical (unpaired) electrons. The molecular formula is C68H101F6N9O24. The lowest BCUT2D eigenvalue weighted by Crippen LogP contribution is -2.55. The van der Waals surface area contributed by atoms with Crippen LogP contribution in [0, 0.1) is 0 Å². The van der Waals surface area contributed by atoms with Gasteiger partial charge in [-0.25, -0.2) is 14.8 Å². The summed E-state index contributed by atoms with van der Waals surface area (Å²) in [5.74, 6) is -3.40. The summed E-state index contributed by atoms with van der Waals surface area (Å²) < 4.78 is 188. The minimum absolute atomic E-state index is 0.00161. The Bertz CT molecular complexity index is 2870. The van der Waals surface area contributed by atoms with Crippen LogP contribution < -0.4 is 26.7 Å². The first-order valence-corrected chi connectivity index (χ1v) is 35.3. The molecule has 39 heteroatoms. The molecule has 1 unspecified atom stereocenters. The third-order valence-electron chi connectivity index (χ3n) is 15.7. The van der Waals surface area contributed by atoms with Crippen LogP contribution in [0.25, 0.3) is 0 Å². The van der Waals surface area contributed by atoms with Crippen LogP contribution in [-0.4, -0.2) is 295 Å². The summed E-state index contributed by atoms with van der Waals surface area (Å²) in [7, 11) is 0. The van der Waals surface area contributed by atoms with E-state index in [-0.39, 0.29) is 208 Å². The molecule has 6 heterocycles. The number of hydrogen-bond donors (Lipinski definition) is 5. The predicted octanol–water partition coefficient (Wildman–Crippen LogP) is 3.56. The minimum Gasteiger partial charge on any atom is -0.459 e. The Balaban J connectivity index is 0.670. The van der Waals surface area contributed by atoms with Crippen LogP contribution in [0.5, 0.6) is 0 Å². The summed E-state index contributed by atoms with van der Waals surface area (Å²) in [6.07, 6.45) is -8.12. The van der Waals surface area contributed by atoms with Crippen molar-refractivity contribution < 1.29 is 140 Å². The van der Waals surface area contributed by atoms with E-state index in [9.17, 15) is 45.5 Å². The molecule has 2 amide bonds. The normalized spacial score (nSPS) is 21.3. The maximum atomic E-state index is 13.2. The van der Waals surface area contributed by atoms with E-state index in [0.717, 1.165) is 5.56 Å². The molecule has 7 rings (SSSR count). The monoisotopic (exact) mass is 1540 g/mol. The summed E-state index contributed by atoms with van der Waals surface area (Å²) in [5.41, 5.74) is 1.29. The van der Waals surface area contributed by atoms with Gasteiger partial charge in [0.25, 0.3) is 0 Å². The lowest BCUT2D eigenvalue weighted by atomic mass is 9.98. The fourth-order valence-corrected chi connectivity index (χ4v) is 10.8. The van der Waals surface area contributed by atoms with E-state index >= 15 is 0 Å². The van der Waals surface area contributed by atoms with Crippen LogP contribution >= 0.6 is 0 Å². The molecule has 3 aromatic rings. The van der Waals surface area contributed by atoms with Gasteiger partial charge in [0, 0.05) is 32.4 Å². The van der Waals surface area contributed by atoms with Gasteiger partial charge in [-0.1, -0.05) is 30.3 Å². The van der Waals surface area contributed by atoms with Gasteiger partial charge in [0.1, 0.15) is 80.6 Å². The number of rotatable bonds is 56. The Morgan fingerprint density at radius 2 is 0.991 bits per heavy atom. The fourth-order valence-electron chi connectivity index (χ4n) is 10.8. The lowest BCUT2D eigenvalue weighted by molar-refractivity contribution is -0.163. The molecule has 33 nitrogen and oxygen atoms in total. The number of benzene rings is 1. The molecule has 0 spiro atoms. The number of ketones is 1. The standard InChI is InChI=1S/C68H101F6N9O24/c1-65(2)104-61-50(80-56-35-75-33-54(82-56)67(69,70)71)40-100-52(63(61)106-65)42-96-28-25-91-24-23-90-22-20-89-18-14-77-58(85)13-17-95-39-48(79-59(86)44-97-29-26-92-27-30-98-45-60(87)102-37-47-9-6-5-7-10-47)38-94-16-12-49(84)11-8-15-88-19-21-93-31-32-103-78-46-99-43-53-64-62(105-66(3,4)107-64)51(41-101-53)81-57-36-76-34-55(83-57)68(72,73)74/h5-7,9-10,33-36,48,50-53,61-64,78H,8,11-32,37-46H2,1-4H3,(H,77,85)(H,79,86)(H,80,82)(H,81,83)/t48?,50-,51-,52+,53+,61+,62+,63-,64-/m0/s1. The number of carbonyl (C=O) groups is 4. The maximum absolute atomic E-state index is 13.2. The van der Waals surface area contributed by atoms with E-state index < -0.39 is 102 Å². The third kappa shape index (κ3) is 35.2. The summed E-state index contributed by atoms with van der Waals surface area (Å²) >= 11 is 0. The molecule has 0 bridgehead atoms. The minimum atomic E-state index is -4.66. The molecule has 1 aromatic carbocycles. The van der Waals surface area contributed by atoms with Crippen LogP contribution in [-0.2, 0) is 133 Å². The van der Waals surface area contributed by atoms with Gasteiger partial charge >= 0.3 is 18.3 Å². The Labute approximate surface area is 616 Å². The number of fused-ring (bicyclic) bond motifs is 2. The number of alkyl halides is 6. The third-order valence-corrected chi connectivity index (χ3v) is 15.7. The molecule has 0 saturated carbocycles. The Morgan fingerprint density at radius 1 is 0.514 bits per heavy atom. The van der Waals surface area contributed by atoms with Crippen molar-refractivity contribution in [3.8, 4) is 0 Å². The highest BCUT2D eigenvalue weighted by Crippen LogP contribution is 2.39. The molecule has 4 saturated heterocycles. The quantitative estimate of drug-likeness (QED) is 0.0177. The lowest BCUT2D eigenvalue weighted by Gasteiger charge is -2.37. The second kappa shape index (κ2) is 47.8. The van der Waals surface area contributed by atoms with Crippen molar-refractivity contribution >= 4 is 35.2 Å². The average molecular weight is 1540 g/mol. The van der Waals surface area contributed by atoms with Crippen LogP contribution in [0.4, 0.5) is 38.0 Å². The van der Waals surface area contributed by atoms with Gasteiger partial charge in [0.15, 0.2) is 23.0 Å². The van der Waals surface area contributed by atoms with Crippen LogP contribution in [0.1, 0.15) is 70.3 Å². The van der Waals surface area contributed by atoms with E-state index in [2.05, 4.69) is 46.7 Å². The summed E-state index contributed by atoms with van der Waals surface area (Å²) in [5, 5.41) is 11.5. The van der Waals surface area contributed by atoms with Crippen molar-refractivity contribution in [1.29, 1.82) is 0 Å². The van der Waals surface area contributed by atoms with Crippen molar-refractivity contribution in [2.45, 2.75) is 139 Å². The SMILES string of the molecule is CC1(C)O[C@@H]2[C@H](O1)[C@@H](Nc1cncc(C(F)(F)F)n1)CO[C@@H]2COCCOCCOCCOCCNC(=O)CCOCC(COCCC(=O)CCCOCCOCCONCOC[C@H]1OC[C@H](Nc2cncc(C(F)(F)F)n2)[C@H]2OC(C)(C)O[C@H]21)NC(=O)COCCOCCOCC(=O)OCc1ccccc1. The molecule has 604 valence electrons. The second-order valence-electron chi connectivity index (χ2n) is 25.4. The van der Waals surface area contributed by atoms with Gasteiger partial charge in [-0.3, -0.25) is 29.2 Å². The highest BCUT2D eigenvalue weighted by molar-refractivity contribution is 5.78. The molecule has 0 aliphatic carbocycles. The molecule has 4 aliphatic heterocycles. The van der Waals surface area contributed by atoms with Crippen LogP contribution in [0.3, 0.4) is 0 Å². The summed E-state index contributed by atoms with van der Waals surface area (Å²) in [4.78, 5) is 70.1. The van der Waals surface area contributed by atoms with E-state index in [1.165, 1.54) is 12.4 Å². The summed E-state index contributed by atoms with van der Waals surface area (Å²) in [6, 6.07) is 7.45. The molecule has 9 atom stereocenters. The van der Waals surface area contributed by atoms with Gasteiger partial charge in [-0.2, -0.15) is 31.8 Å². The summed E-state index contributed by atoms with van der Waals surface area (Å²) in [6.45, 7) is 11.2. The number of aromatic nitrogens is 4. The first-order chi connectivity index (χ1) is 51.5. The van der Waals surface area contributed by atoms with Gasteiger partial charge < -0.3 is 111 Å². The number of halogens is 6. The smallest absolute Gasteiger partial charge is 0.434 e. The van der Waals surface area contributed by atoms with Crippen LogP contribution in [0.2, 0.25) is 0 Å². The highest BCUT2D eigenvalue weighted by Gasteiger charge is 2.54. The molecule has 4 aliphatic rings. The number of hydrogen-bond acceptors (Lipinski definition) is 31. The number of esters is 1. The van der Waals surface area contributed by atoms with E-state index in [4.69, 9.17) is 94.8 Å². The molecule has 5 N–H and O–H groups in total. The number of ether oxygens (including phenoxy) is 19. The number of Topliss-reactive ketones (excluding diaryl/α,β-unsaturated/α-hetero) is 1. The first kappa shape index (κ1) is 88.1. The van der Waals surface area contributed by atoms with Crippen molar-refractivity contribution in [2.75, 3.05) is 196 Å². The van der Waals surface area contributed by atoms with E-state index in [1.54, 1.807) is 27.7 Å². The molecular weight excluding hydrogens is 1440 g/mol. The van der Waals surface area contributed by atoms with Gasteiger partial charge in [0.2, 0.25) is 11.8 Å².